The van der Waals surface area contributed by atoms with Crippen molar-refractivity contribution in [3.63, 3.8) is 0 Å². The van der Waals surface area contributed by atoms with Gasteiger partial charge in [0.1, 0.15) is 0 Å². The fourth-order valence-electron chi connectivity index (χ4n) is 1.28. The molecule has 0 fully saturated rings. The number of aldehydes is 1. The molecule has 0 N–H and O–H groups in total. The number of carbonyl (C=O) groups is 2. The number of carbonyl (C=O) groups excluding carboxylic acids is 2. The zero-order valence-corrected chi connectivity index (χ0v) is 10.3. The van der Waals surface area contributed by atoms with Crippen LogP contribution in [0.4, 0.5) is 13.2 Å². The van der Waals surface area contributed by atoms with Crippen LogP contribution in [0.25, 0.3) is 0 Å². The molecule has 0 aromatic heterocycles. The van der Waals surface area contributed by atoms with Gasteiger partial charge < -0.3 is 0 Å². The molecular weight excluding hydrogens is 301 g/mol. The van der Waals surface area contributed by atoms with Crippen LogP contribution in [0.2, 0.25) is 0 Å². The van der Waals surface area contributed by atoms with E-state index in [4.69, 9.17) is 0 Å². The Hall–Kier alpha value is -1.17. The van der Waals surface area contributed by atoms with Gasteiger partial charge in [-0.2, -0.15) is 13.2 Å². The lowest BCUT2D eigenvalue weighted by atomic mass is 10.00. The minimum atomic E-state index is -4.53. The molecule has 0 aliphatic carbocycles. The fraction of sp³-hybridized carbons (Fsp3) is 0.273. The molecule has 1 unspecified atom stereocenters. The summed E-state index contributed by atoms with van der Waals surface area (Å²) >= 11 is 3.01. The van der Waals surface area contributed by atoms with E-state index < -0.39 is 22.4 Å². The van der Waals surface area contributed by atoms with Gasteiger partial charge in [0.05, 0.1) is 10.4 Å². The standard InChI is InChI=1S/C11H8BrF3O2/c1-6(12)10(17)9-3-2-8(11(13,14)15)4-7(9)5-16/h2-6H,1H3. The van der Waals surface area contributed by atoms with Gasteiger partial charge in [0.15, 0.2) is 12.1 Å². The van der Waals surface area contributed by atoms with Crippen LogP contribution in [0, 0.1) is 0 Å². The van der Waals surface area contributed by atoms with E-state index in [0.29, 0.717) is 6.07 Å². The van der Waals surface area contributed by atoms with Crippen LogP contribution >= 0.6 is 15.9 Å². The predicted octanol–water partition coefficient (Wildman–Crippen LogP) is 3.48. The Labute approximate surface area is 104 Å². The van der Waals surface area contributed by atoms with Crippen molar-refractivity contribution in [2.75, 3.05) is 0 Å². The van der Waals surface area contributed by atoms with E-state index in [0.717, 1.165) is 12.1 Å². The predicted molar refractivity (Wildman–Crippen MR) is 59.6 cm³/mol. The number of rotatable bonds is 3. The number of hydrogen-bond acceptors (Lipinski definition) is 2. The van der Waals surface area contributed by atoms with Crippen LogP contribution in [0.1, 0.15) is 33.2 Å². The monoisotopic (exact) mass is 308 g/mol. The third-order valence-electron chi connectivity index (χ3n) is 2.13. The van der Waals surface area contributed by atoms with Gasteiger partial charge in [0.25, 0.3) is 0 Å². The zero-order chi connectivity index (χ0) is 13.2. The van der Waals surface area contributed by atoms with Crippen molar-refractivity contribution in [2.45, 2.75) is 17.9 Å². The first-order valence-electron chi connectivity index (χ1n) is 4.62. The van der Waals surface area contributed by atoms with Gasteiger partial charge in [-0.15, -0.1) is 0 Å². The lowest BCUT2D eigenvalue weighted by Crippen LogP contribution is -2.14. The Kier molecular flexibility index (Phi) is 4.08. The van der Waals surface area contributed by atoms with Crippen molar-refractivity contribution in [3.05, 3.63) is 34.9 Å². The molecule has 0 saturated carbocycles. The first-order chi connectivity index (χ1) is 7.77. The summed E-state index contributed by atoms with van der Waals surface area (Å²) in [5, 5.41) is 0. The molecule has 0 radical (unpaired) electrons. The van der Waals surface area contributed by atoms with Gasteiger partial charge in [-0.05, 0) is 19.1 Å². The minimum Gasteiger partial charge on any atom is -0.298 e. The van der Waals surface area contributed by atoms with Gasteiger partial charge in [-0.25, -0.2) is 0 Å². The second-order valence-corrected chi connectivity index (χ2v) is 4.77. The van der Waals surface area contributed by atoms with E-state index in [1.807, 2.05) is 0 Å². The Morgan fingerprint density at radius 3 is 2.41 bits per heavy atom. The summed E-state index contributed by atoms with van der Waals surface area (Å²) in [5.74, 6) is -0.430. The molecule has 0 aliphatic rings. The number of benzene rings is 1. The summed E-state index contributed by atoms with van der Waals surface area (Å²) in [7, 11) is 0. The largest absolute Gasteiger partial charge is 0.416 e. The molecule has 1 rings (SSSR count). The van der Waals surface area contributed by atoms with Gasteiger partial charge in [0.2, 0.25) is 0 Å². The van der Waals surface area contributed by atoms with Crippen molar-refractivity contribution in [2.24, 2.45) is 0 Å². The Bertz CT molecular complexity index is 453. The van der Waals surface area contributed by atoms with E-state index in [2.05, 4.69) is 15.9 Å². The summed E-state index contributed by atoms with van der Waals surface area (Å²) in [6.07, 6.45) is -4.28. The normalized spacial score (nSPS) is 13.2. The molecule has 92 valence electrons. The molecular formula is C11H8BrF3O2. The second kappa shape index (κ2) is 5.00. The van der Waals surface area contributed by atoms with E-state index in [-0.39, 0.29) is 17.4 Å². The summed E-state index contributed by atoms with van der Waals surface area (Å²) < 4.78 is 37.2. The lowest BCUT2D eigenvalue weighted by molar-refractivity contribution is -0.137. The highest BCUT2D eigenvalue weighted by Gasteiger charge is 2.31. The minimum absolute atomic E-state index is 0.0163. The average molecular weight is 309 g/mol. The fourth-order valence-corrected chi connectivity index (χ4v) is 1.52. The van der Waals surface area contributed by atoms with Crippen molar-refractivity contribution >= 4 is 28.0 Å². The highest BCUT2D eigenvalue weighted by molar-refractivity contribution is 9.10. The number of halogens is 4. The van der Waals surface area contributed by atoms with E-state index >= 15 is 0 Å². The molecule has 0 aliphatic heterocycles. The Morgan fingerprint density at radius 2 is 2.00 bits per heavy atom. The third-order valence-corrected chi connectivity index (χ3v) is 2.55. The summed E-state index contributed by atoms with van der Waals surface area (Å²) in [4.78, 5) is 21.7. The SMILES string of the molecule is CC(Br)C(=O)c1ccc(C(F)(F)F)cc1C=O. The number of Topliss-reactive ketones (excluding diaryl/α,β-unsaturated/α-hetero) is 1. The molecule has 1 aromatic rings. The molecule has 17 heavy (non-hydrogen) atoms. The van der Waals surface area contributed by atoms with Gasteiger partial charge in [-0.1, -0.05) is 22.0 Å². The number of ketones is 1. The molecule has 0 saturated heterocycles. The van der Waals surface area contributed by atoms with Crippen molar-refractivity contribution in [1.82, 2.24) is 0 Å². The maximum Gasteiger partial charge on any atom is 0.416 e. The van der Waals surface area contributed by atoms with Crippen molar-refractivity contribution in [3.8, 4) is 0 Å². The topological polar surface area (TPSA) is 34.1 Å². The van der Waals surface area contributed by atoms with Gasteiger partial charge >= 0.3 is 6.18 Å². The summed E-state index contributed by atoms with van der Waals surface area (Å²) in [5.41, 5.74) is -1.22. The summed E-state index contributed by atoms with van der Waals surface area (Å²) in [6, 6.07) is 2.48. The van der Waals surface area contributed by atoms with Gasteiger partial charge in [0, 0.05) is 11.1 Å². The maximum atomic E-state index is 12.4. The van der Waals surface area contributed by atoms with Crippen LogP contribution < -0.4 is 0 Å². The van der Waals surface area contributed by atoms with Gasteiger partial charge in [-0.3, -0.25) is 9.59 Å². The third kappa shape index (κ3) is 3.15. The first kappa shape index (κ1) is 13.9. The van der Waals surface area contributed by atoms with Crippen LogP contribution in [0.3, 0.4) is 0 Å². The highest BCUT2D eigenvalue weighted by Crippen LogP contribution is 2.30. The molecule has 0 amide bonds. The molecule has 6 heteroatoms. The molecule has 0 bridgehead atoms. The van der Waals surface area contributed by atoms with E-state index in [1.54, 1.807) is 0 Å². The van der Waals surface area contributed by atoms with Crippen LogP contribution in [-0.2, 0) is 6.18 Å². The number of hydrogen-bond donors (Lipinski definition) is 0. The molecule has 2 nitrogen and oxygen atoms in total. The van der Waals surface area contributed by atoms with Crippen LogP contribution in [-0.4, -0.2) is 16.9 Å². The van der Waals surface area contributed by atoms with E-state index in [1.165, 1.54) is 6.92 Å². The zero-order valence-electron chi connectivity index (χ0n) is 8.72. The van der Waals surface area contributed by atoms with Crippen LogP contribution in [0.15, 0.2) is 18.2 Å². The van der Waals surface area contributed by atoms with Crippen molar-refractivity contribution in [1.29, 1.82) is 0 Å². The average Bonchev–Trinajstić information content (AvgIpc) is 2.25. The summed E-state index contributed by atoms with van der Waals surface area (Å²) in [6.45, 7) is 1.54. The Morgan fingerprint density at radius 1 is 1.41 bits per heavy atom. The molecule has 1 aromatic carbocycles. The number of alkyl halides is 4. The molecule has 0 heterocycles. The quantitative estimate of drug-likeness (QED) is 0.487. The first-order valence-corrected chi connectivity index (χ1v) is 5.53. The second-order valence-electron chi connectivity index (χ2n) is 3.40. The lowest BCUT2D eigenvalue weighted by Gasteiger charge is -2.10. The molecule has 1 atom stereocenters. The smallest absolute Gasteiger partial charge is 0.298 e. The maximum absolute atomic E-state index is 12.4. The van der Waals surface area contributed by atoms with Crippen molar-refractivity contribution < 1.29 is 22.8 Å². The Balaban J connectivity index is 3.29. The van der Waals surface area contributed by atoms with E-state index in [9.17, 15) is 22.8 Å². The molecule has 0 spiro atoms. The van der Waals surface area contributed by atoms with Crippen LogP contribution in [0.5, 0.6) is 0 Å². The highest BCUT2D eigenvalue weighted by atomic mass is 79.9.